The van der Waals surface area contributed by atoms with E-state index in [2.05, 4.69) is 37.0 Å². The summed E-state index contributed by atoms with van der Waals surface area (Å²) in [6, 6.07) is 19.1. The zero-order chi connectivity index (χ0) is 22.4. The maximum absolute atomic E-state index is 10.8. The highest BCUT2D eigenvalue weighted by molar-refractivity contribution is 9.11. The highest BCUT2D eigenvalue weighted by Crippen LogP contribution is 2.40. The first-order chi connectivity index (χ1) is 14.9. The van der Waals surface area contributed by atoms with E-state index >= 15 is 0 Å². The molecule has 31 heavy (non-hydrogen) atoms. The second-order valence-corrected chi connectivity index (χ2v) is 8.17. The third kappa shape index (κ3) is 5.86. The molecule has 8 heteroatoms. The fourth-order valence-electron chi connectivity index (χ4n) is 2.69. The van der Waals surface area contributed by atoms with Gasteiger partial charge in [-0.15, -0.1) is 0 Å². The van der Waals surface area contributed by atoms with Crippen LogP contribution < -0.4 is 9.47 Å². The molecule has 160 valence electrons. The Morgan fingerprint density at radius 3 is 2.35 bits per heavy atom. The fourth-order valence-corrected chi connectivity index (χ4v) is 4.07. The summed E-state index contributed by atoms with van der Waals surface area (Å²) >= 11 is 7.03. The highest BCUT2D eigenvalue weighted by Gasteiger charge is 2.14. The van der Waals surface area contributed by atoms with Gasteiger partial charge in [0, 0.05) is 5.56 Å². The van der Waals surface area contributed by atoms with Crippen LogP contribution in [0.25, 0.3) is 11.1 Å². The van der Waals surface area contributed by atoms with Crippen LogP contribution in [0.1, 0.15) is 12.5 Å². The molecule has 1 atom stereocenters. The van der Waals surface area contributed by atoms with Crippen molar-refractivity contribution in [3.8, 4) is 28.4 Å². The molecule has 0 aliphatic rings. The maximum atomic E-state index is 10.8. The predicted molar refractivity (Wildman–Crippen MR) is 126 cm³/mol. The van der Waals surface area contributed by atoms with Crippen molar-refractivity contribution in [2.45, 2.75) is 13.0 Å². The number of carboxylic acid groups (broad SMARTS) is 1. The molecule has 0 amide bonds. The summed E-state index contributed by atoms with van der Waals surface area (Å²) in [5.41, 5.74) is 2.63. The number of methoxy groups -OCH3 is 1. The van der Waals surface area contributed by atoms with Gasteiger partial charge in [0.1, 0.15) is 11.5 Å². The number of ether oxygens (including phenoxy) is 2. The van der Waals surface area contributed by atoms with Crippen LogP contribution in [0.15, 0.2) is 74.8 Å². The van der Waals surface area contributed by atoms with E-state index < -0.39 is 12.1 Å². The molecular formula is C23H19Br2NO5. The zero-order valence-electron chi connectivity index (χ0n) is 16.7. The summed E-state index contributed by atoms with van der Waals surface area (Å²) in [5, 5.41) is 12.6. The van der Waals surface area contributed by atoms with Crippen LogP contribution in [0.3, 0.4) is 0 Å². The number of hydrogen-bond acceptors (Lipinski definition) is 5. The van der Waals surface area contributed by atoms with Crippen molar-refractivity contribution in [3.63, 3.8) is 0 Å². The molecule has 0 heterocycles. The minimum Gasteiger partial charge on any atom is -0.496 e. The van der Waals surface area contributed by atoms with Crippen molar-refractivity contribution in [1.82, 2.24) is 0 Å². The number of hydrogen-bond donors (Lipinski definition) is 1. The quantitative estimate of drug-likeness (QED) is 0.257. The number of benzene rings is 3. The van der Waals surface area contributed by atoms with Gasteiger partial charge in [0.05, 0.1) is 22.3 Å². The van der Waals surface area contributed by atoms with Gasteiger partial charge in [-0.1, -0.05) is 35.5 Å². The van der Waals surface area contributed by atoms with E-state index in [0.717, 1.165) is 16.9 Å². The third-order valence-corrected chi connectivity index (χ3v) is 5.44. The maximum Gasteiger partial charge on any atom is 0.347 e. The Kier molecular flexibility index (Phi) is 7.70. The van der Waals surface area contributed by atoms with Crippen molar-refractivity contribution in [1.29, 1.82) is 0 Å². The Morgan fingerprint density at radius 1 is 1.06 bits per heavy atom. The van der Waals surface area contributed by atoms with E-state index in [1.165, 1.54) is 13.1 Å². The van der Waals surface area contributed by atoms with E-state index in [9.17, 15) is 4.79 Å². The fraction of sp³-hybridized carbons (Fsp3) is 0.130. The van der Waals surface area contributed by atoms with Gasteiger partial charge in [-0.05, 0) is 80.2 Å². The molecule has 0 saturated carbocycles. The molecule has 0 aromatic heterocycles. The summed E-state index contributed by atoms with van der Waals surface area (Å²) in [4.78, 5) is 15.7. The molecule has 3 rings (SSSR count). The standard InChI is InChI=1S/C23H19Br2NO5/c1-14(23(27)28)31-26-13-15-10-19(24)22(20(25)11-15)30-17-8-9-21(29-2)18(12-17)16-6-4-3-5-7-16/h3-14H,1-2H3,(H,27,28). The average Bonchev–Trinajstić information content (AvgIpc) is 2.76. The Labute approximate surface area is 196 Å². The second-order valence-electron chi connectivity index (χ2n) is 6.46. The number of rotatable bonds is 8. The van der Waals surface area contributed by atoms with E-state index in [-0.39, 0.29) is 0 Å². The molecule has 0 bridgehead atoms. The van der Waals surface area contributed by atoms with E-state index in [0.29, 0.717) is 26.0 Å². The number of nitrogens with zero attached hydrogens (tertiary/aromatic N) is 1. The lowest BCUT2D eigenvalue weighted by Gasteiger charge is -2.14. The molecule has 1 unspecified atom stereocenters. The van der Waals surface area contributed by atoms with Gasteiger partial charge in [-0.25, -0.2) is 4.79 Å². The molecule has 0 radical (unpaired) electrons. The zero-order valence-corrected chi connectivity index (χ0v) is 19.9. The molecule has 0 saturated heterocycles. The summed E-state index contributed by atoms with van der Waals surface area (Å²) < 4.78 is 13.0. The Balaban J connectivity index is 1.84. The number of carboxylic acids is 1. The minimum absolute atomic E-state index is 0.584. The summed E-state index contributed by atoms with van der Waals surface area (Å²) in [6.07, 6.45) is 0.402. The van der Waals surface area contributed by atoms with Gasteiger partial charge in [0.15, 0.2) is 5.75 Å². The van der Waals surface area contributed by atoms with Gasteiger partial charge >= 0.3 is 5.97 Å². The van der Waals surface area contributed by atoms with Crippen LogP contribution in [0.5, 0.6) is 17.2 Å². The van der Waals surface area contributed by atoms with E-state index in [1.54, 1.807) is 19.2 Å². The molecule has 1 N–H and O–H groups in total. The van der Waals surface area contributed by atoms with Crippen molar-refractivity contribution in [3.05, 3.63) is 75.2 Å². The van der Waals surface area contributed by atoms with Crippen LogP contribution in [0, 0.1) is 0 Å². The molecule has 0 fully saturated rings. The average molecular weight is 549 g/mol. The first-order valence-electron chi connectivity index (χ1n) is 9.21. The molecule has 3 aromatic carbocycles. The molecular weight excluding hydrogens is 530 g/mol. The first kappa shape index (κ1) is 22.8. The Hall–Kier alpha value is -2.84. The highest BCUT2D eigenvalue weighted by atomic mass is 79.9. The lowest BCUT2D eigenvalue weighted by Crippen LogP contribution is -2.17. The minimum atomic E-state index is -1.09. The first-order valence-corrected chi connectivity index (χ1v) is 10.8. The lowest BCUT2D eigenvalue weighted by atomic mass is 10.0. The molecule has 6 nitrogen and oxygen atoms in total. The molecule has 3 aromatic rings. The van der Waals surface area contributed by atoms with Crippen molar-refractivity contribution in [2.75, 3.05) is 7.11 Å². The SMILES string of the molecule is COc1ccc(Oc2c(Br)cc(C=NOC(C)C(=O)O)cc2Br)cc1-c1ccccc1. The summed E-state index contributed by atoms with van der Waals surface area (Å²) in [6.45, 7) is 1.40. The second kappa shape index (κ2) is 10.5. The monoisotopic (exact) mass is 547 g/mol. The van der Waals surface area contributed by atoms with Crippen LogP contribution in [0.4, 0.5) is 0 Å². The van der Waals surface area contributed by atoms with E-state index in [1.807, 2.05) is 48.5 Å². The Morgan fingerprint density at radius 2 is 1.74 bits per heavy atom. The van der Waals surface area contributed by atoms with Crippen LogP contribution in [-0.4, -0.2) is 30.5 Å². The van der Waals surface area contributed by atoms with Crippen molar-refractivity contribution in [2.24, 2.45) is 5.16 Å². The largest absolute Gasteiger partial charge is 0.496 e. The summed E-state index contributed by atoms with van der Waals surface area (Å²) in [5.74, 6) is 0.888. The van der Waals surface area contributed by atoms with E-state index in [4.69, 9.17) is 19.4 Å². The van der Waals surface area contributed by atoms with Gasteiger partial charge in [-0.2, -0.15) is 0 Å². The van der Waals surface area contributed by atoms with Gasteiger partial charge in [0.2, 0.25) is 6.10 Å². The van der Waals surface area contributed by atoms with Crippen LogP contribution in [0.2, 0.25) is 0 Å². The van der Waals surface area contributed by atoms with Gasteiger partial charge in [0.25, 0.3) is 0 Å². The smallest absolute Gasteiger partial charge is 0.347 e. The van der Waals surface area contributed by atoms with Gasteiger partial charge < -0.3 is 19.4 Å². The summed E-state index contributed by atoms with van der Waals surface area (Å²) in [7, 11) is 1.64. The predicted octanol–water partition coefficient (Wildman–Crippen LogP) is 6.50. The number of aliphatic carboxylic acids is 1. The number of carbonyl (C=O) groups is 1. The molecule has 0 aliphatic carbocycles. The van der Waals surface area contributed by atoms with Crippen LogP contribution in [-0.2, 0) is 9.63 Å². The number of halogens is 2. The topological polar surface area (TPSA) is 77.3 Å². The van der Waals surface area contributed by atoms with Crippen molar-refractivity contribution < 1.29 is 24.2 Å². The lowest BCUT2D eigenvalue weighted by molar-refractivity contribution is -0.149. The third-order valence-electron chi connectivity index (χ3n) is 4.26. The normalized spacial score (nSPS) is 11.9. The van der Waals surface area contributed by atoms with Gasteiger partial charge in [-0.3, -0.25) is 0 Å². The molecule has 0 spiro atoms. The number of oxime groups is 1. The Bertz CT molecular complexity index is 1080. The van der Waals surface area contributed by atoms with Crippen molar-refractivity contribution >= 4 is 44.0 Å². The molecule has 0 aliphatic heterocycles. The van der Waals surface area contributed by atoms with Crippen LogP contribution >= 0.6 is 31.9 Å².